The smallest absolute Gasteiger partial charge is 0.192 e. The summed E-state index contributed by atoms with van der Waals surface area (Å²) < 4.78 is 7.41. The van der Waals surface area contributed by atoms with E-state index in [1.807, 2.05) is 44.0 Å². The van der Waals surface area contributed by atoms with Crippen molar-refractivity contribution in [1.82, 2.24) is 20.1 Å². The number of fused-ring (bicyclic) bond motifs is 1. The van der Waals surface area contributed by atoms with Gasteiger partial charge >= 0.3 is 0 Å². The summed E-state index contributed by atoms with van der Waals surface area (Å²) in [5.41, 5.74) is 4.95. The average molecular weight is 256 g/mol. The van der Waals surface area contributed by atoms with E-state index in [-0.39, 0.29) is 0 Å². The van der Waals surface area contributed by atoms with Crippen LogP contribution < -0.4 is 5.32 Å². The Hall–Kier alpha value is -2.14. The van der Waals surface area contributed by atoms with Gasteiger partial charge in [0.1, 0.15) is 5.52 Å². The lowest BCUT2D eigenvalue weighted by atomic mass is 10.1. The van der Waals surface area contributed by atoms with Gasteiger partial charge in [0.05, 0.1) is 5.69 Å². The molecule has 0 spiro atoms. The molecule has 0 radical (unpaired) electrons. The van der Waals surface area contributed by atoms with E-state index < -0.39 is 0 Å². The first-order chi connectivity index (χ1) is 9.17. The SMILES string of the molecule is CNCc1nn(C)cc1-c1ccc2nc(C)oc2c1. The molecule has 5 nitrogen and oxygen atoms in total. The van der Waals surface area contributed by atoms with Crippen molar-refractivity contribution in [3.63, 3.8) is 0 Å². The van der Waals surface area contributed by atoms with Gasteiger partial charge in [0.2, 0.25) is 0 Å². The molecule has 0 bridgehead atoms. The Bertz CT molecular complexity index is 726. The van der Waals surface area contributed by atoms with Gasteiger partial charge in [0.15, 0.2) is 11.5 Å². The minimum atomic E-state index is 0.689. The lowest BCUT2D eigenvalue weighted by molar-refractivity contribution is 0.561. The van der Waals surface area contributed by atoms with Crippen LogP contribution in [0.4, 0.5) is 0 Å². The minimum Gasteiger partial charge on any atom is -0.441 e. The first-order valence-corrected chi connectivity index (χ1v) is 6.22. The summed E-state index contributed by atoms with van der Waals surface area (Å²) in [7, 11) is 3.85. The Morgan fingerprint density at radius 3 is 3.00 bits per heavy atom. The van der Waals surface area contributed by atoms with Crippen molar-refractivity contribution in [2.24, 2.45) is 7.05 Å². The summed E-state index contributed by atoms with van der Waals surface area (Å²) >= 11 is 0. The second kappa shape index (κ2) is 4.51. The number of hydrogen-bond donors (Lipinski definition) is 1. The van der Waals surface area contributed by atoms with Gasteiger partial charge in [-0.05, 0) is 24.7 Å². The number of nitrogens with zero attached hydrogens (tertiary/aromatic N) is 3. The highest BCUT2D eigenvalue weighted by atomic mass is 16.3. The molecule has 0 aliphatic heterocycles. The predicted molar refractivity (Wildman–Crippen MR) is 73.7 cm³/mol. The third kappa shape index (κ3) is 2.13. The molecule has 0 atom stereocenters. The van der Waals surface area contributed by atoms with E-state index >= 15 is 0 Å². The lowest BCUT2D eigenvalue weighted by Crippen LogP contribution is -2.07. The largest absolute Gasteiger partial charge is 0.441 e. The molecule has 0 unspecified atom stereocenters. The van der Waals surface area contributed by atoms with E-state index in [1.165, 1.54) is 0 Å². The molecule has 1 aromatic carbocycles. The van der Waals surface area contributed by atoms with Crippen molar-refractivity contribution in [1.29, 1.82) is 0 Å². The highest BCUT2D eigenvalue weighted by Gasteiger charge is 2.11. The van der Waals surface area contributed by atoms with Gasteiger partial charge in [-0.1, -0.05) is 6.07 Å². The third-order valence-corrected chi connectivity index (χ3v) is 3.06. The molecule has 1 N–H and O–H groups in total. The Morgan fingerprint density at radius 1 is 1.37 bits per heavy atom. The maximum absolute atomic E-state index is 5.58. The van der Waals surface area contributed by atoms with Gasteiger partial charge < -0.3 is 9.73 Å². The first kappa shape index (κ1) is 11.9. The van der Waals surface area contributed by atoms with Crippen molar-refractivity contribution >= 4 is 11.1 Å². The fourth-order valence-corrected chi connectivity index (χ4v) is 2.28. The highest BCUT2D eigenvalue weighted by Crippen LogP contribution is 2.27. The summed E-state index contributed by atoms with van der Waals surface area (Å²) in [6, 6.07) is 6.06. The highest BCUT2D eigenvalue weighted by molar-refractivity contribution is 5.80. The molecule has 5 heteroatoms. The monoisotopic (exact) mass is 256 g/mol. The number of hydrogen-bond acceptors (Lipinski definition) is 4. The van der Waals surface area contributed by atoms with E-state index in [0.717, 1.165) is 34.5 Å². The van der Waals surface area contributed by atoms with Crippen LogP contribution in [0.5, 0.6) is 0 Å². The second-order valence-corrected chi connectivity index (χ2v) is 4.61. The number of benzene rings is 1. The minimum absolute atomic E-state index is 0.689. The standard InChI is InChI=1S/C14H16N4O/c1-9-16-12-5-4-10(6-14(12)19-9)11-8-18(3)17-13(11)7-15-2/h4-6,8,15H,7H2,1-3H3. The molecule has 0 aliphatic carbocycles. The van der Waals surface area contributed by atoms with Crippen molar-refractivity contribution in [2.45, 2.75) is 13.5 Å². The van der Waals surface area contributed by atoms with E-state index in [9.17, 15) is 0 Å². The molecule has 0 amide bonds. The van der Waals surface area contributed by atoms with Crippen molar-refractivity contribution in [3.05, 3.63) is 36.0 Å². The summed E-state index contributed by atoms with van der Waals surface area (Å²) in [4.78, 5) is 4.31. The zero-order valence-corrected chi connectivity index (χ0v) is 11.3. The molecule has 19 heavy (non-hydrogen) atoms. The number of rotatable bonds is 3. The Labute approximate surface area is 111 Å². The maximum atomic E-state index is 5.58. The van der Waals surface area contributed by atoms with Crippen LogP contribution in [0.15, 0.2) is 28.8 Å². The van der Waals surface area contributed by atoms with E-state index in [1.54, 1.807) is 0 Å². The molecule has 2 aromatic heterocycles. The molecule has 0 saturated heterocycles. The Kier molecular flexibility index (Phi) is 2.83. The van der Waals surface area contributed by atoms with Crippen molar-refractivity contribution < 1.29 is 4.42 Å². The van der Waals surface area contributed by atoms with E-state index in [0.29, 0.717) is 5.89 Å². The maximum Gasteiger partial charge on any atom is 0.192 e. The van der Waals surface area contributed by atoms with Gasteiger partial charge in [-0.3, -0.25) is 4.68 Å². The number of oxazole rings is 1. The number of aromatic nitrogens is 3. The van der Waals surface area contributed by atoms with Gasteiger partial charge in [-0.2, -0.15) is 5.10 Å². The number of nitrogens with one attached hydrogen (secondary N) is 1. The third-order valence-electron chi connectivity index (χ3n) is 3.06. The molecular formula is C14H16N4O. The lowest BCUT2D eigenvalue weighted by Gasteiger charge is -2.01. The van der Waals surface area contributed by atoms with Crippen molar-refractivity contribution in [3.8, 4) is 11.1 Å². The fraction of sp³-hybridized carbons (Fsp3) is 0.286. The van der Waals surface area contributed by atoms with Gasteiger partial charge in [0.25, 0.3) is 0 Å². The molecule has 0 saturated carbocycles. The fourth-order valence-electron chi connectivity index (χ4n) is 2.28. The molecule has 98 valence electrons. The van der Waals surface area contributed by atoms with Crippen LogP contribution in [0.1, 0.15) is 11.6 Å². The van der Waals surface area contributed by atoms with Crippen LogP contribution >= 0.6 is 0 Å². The topological polar surface area (TPSA) is 55.9 Å². The van der Waals surface area contributed by atoms with Crippen molar-refractivity contribution in [2.75, 3.05) is 7.05 Å². The summed E-state index contributed by atoms with van der Waals surface area (Å²) in [6.45, 7) is 2.60. The van der Waals surface area contributed by atoms with Gasteiger partial charge in [-0.25, -0.2) is 4.98 Å². The summed E-state index contributed by atoms with van der Waals surface area (Å²) in [5, 5.41) is 7.61. The molecule has 0 aliphatic rings. The molecule has 3 rings (SSSR count). The van der Waals surface area contributed by atoms with E-state index in [4.69, 9.17) is 4.42 Å². The molecule has 2 heterocycles. The van der Waals surface area contributed by atoms with Crippen LogP contribution in [0, 0.1) is 6.92 Å². The molecular weight excluding hydrogens is 240 g/mol. The molecule has 0 fully saturated rings. The first-order valence-electron chi connectivity index (χ1n) is 6.22. The average Bonchev–Trinajstić information content (AvgIpc) is 2.90. The van der Waals surface area contributed by atoms with Crippen LogP contribution in [0.3, 0.4) is 0 Å². The van der Waals surface area contributed by atoms with Crippen LogP contribution in [-0.2, 0) is 13.6 Å². The number of aryl methyl sites for hydroxylation is 2. The second-order valence-electron chi connectivity index (χ2n) is 4.61. The van der Waals surface area contributed by atoms with Crippen LogP contribution in [0.25, 0.3) is 22.2 Å². The Balaban J connectivity index is 2.12. The predicted octanol–water partition coefficient (Wildman–Crippen LogP) is 2.26. The molecule has 3 aromatic rings. The summed E-state index contributed by atoms with van der Waals surface area (Å²) in [5.74, 6) is 0.689. The van der Waals surface area contributed by atoms with Crippen LogP contribution in [-0.4, -0.2) is 21.8 Å². The van der Waals surface area contributed by atoms with Gasteiger partial charge in [0, 0.05) is 32.3 Å². The summed E-state index contributed by atoms with van der Waals surface area (Å²) in [6.07, 6.45) is 2.02. The Morgan fingerprint density at radius 2 is 2.21 bits per heavy atom. The van der Waals surface area contributed by atoms with E-state index in [2.05, 4.69) is 21.5 Å². The zero-order chi connectivity index (χ0) is 13.4. The quantitative estimate of drug-likeness (QED) is 0.781. The normalized spacial score (nSPS) is 11.3. The zero-order valence-electron chi connectivity index (χ0n) is 11.3. The van der Waals surface area contributed by atoms with Gasteiger partial charge in [-0.15, -0.1) is 0 Å². The van der Waals surface area contributed by atoms with Crippen LogP contribution in [0.2, 0.25) is 0 Å².